The van der Waals surface area contributed by atoms with Gasteiger partial charge in [0, 0.05) is 26.2 Å². The highest BCUT2D eigenvalue weighted by Crippen LogP contribution is 2.38. The van der Waals surface area contributed by atoms with Gasteiger partial charge in [0.2, 0.25) is 0 Å². The van der Waals surface area contributed by atoms with Gasteiger partial charge in [-0.2, -0.15) is 0 Å². The summed E-state index contributed by atoms with van der Waals surface area (Å²) in [5, 5.41) is 13.1. The minimum Gasteiger partial charge on any atom is -0.503 e. The fourth-order valence-electron chi connectivity index (χ4n) is 2.33. The molecule has 8 heteroatoms. The van der Waals surface area contributed by atoms with E-state index in [4.69, 9.17) is 16.3 Å². The minimum atomic E-state index is -0.496. The SMILES string of the molecule is COc1cc([C@@H](CF)N2CCNCC2)cc(Cl)c1O.Cl.Cl. The second-order valence-corrected chi connectivity index (χ2v) is 4.92. The smallest absolute Gasteiger partial charge is 0.176 e. The van der Waals surface area contributed by atoms with Gasteiger partial charge in [0.25, 0.3) is 0 Å². The Morgan fingerprint density at radius 2 is 2.00 bits per heavy atom. The first kappa shape index (κ1) is 20.5. The topological polar surface area (TPSA) is 44.7 Å². The summed E-state index contributed by atoms with van der Waals surface area (Å²) < 4.78 is 18.4. The molecule has 4 nitrogen and oxygen atoms in total. The van der Waals surface area contributed by atoms with Gasteiger partial charge in [0.1, 0.15) is 6.67 Å². The number of alkyl halides is 1. The second-order valence-electron chi connectivity index (χ2n) is 4.51. The molecule has 1 atom stereocenters. The molecule has 1 fully saturated rings. The van der Waals surface area contributed by atoms with Gasteiger partial charge in [-0.1, -0.05) is 11.6 Å². The largest absolute Gasteiger partial charge is 0.503 e. The molecule has 0 unspecified atom stereocenters. The molecule has 0 aromatic heterocycles. The van der Waals surface area contributed by atoms with E-state index in [1.165, 1.54) is 7.11 Å². The fourth-order valence-corrected chi connectivity index (χ4v) is 2.55. The van der Waals surface area contributed by atoms with Gasteiger partial charge in [0.15, 0.2) is 11.5 Å². The van der Waals surface area contributed by atoms with Crippen LogP contribution in [0.15, 0.2) is 12.1 Å². The lowest BCUT2D eigenvalue weighted by Crippen LogP contribution is -2.45. The zero-order valence-electron chi connectivity index (χ0n) is 11.6. The van der Waals surface area contributed by atoms with E-state index >= 15 is 0 Å². The van der Waals surface area contributed by atoms with Crippen molar-refractivity contribution < 1.29 is 14.2 Å². The van der Waals surface area contributed by atoms with Crippen LogP contribution in [0.3, 0.4) is 0 Å². The number of benzene rings is 1. The van der Waals surface area contributed by atoms with Gasteiger partial charge >= 0.3 is 0 Å². The Bertz CT molecular complexity index is 446. The van der Waals surface area contributed by atoms with E-state index in [1.807, 2.05) is 0 Å². The van der Waals surface area contributed by atoms with Gasteiger partial charge in [-0.05, 0) is 17.7 Å². The number of hydrogen-bond acceptors (Lipinski definition) is 4. The Hall–Kier alpha value is -0.460. The molecule has 21 heavy (non-hydrogen) atoms. The van der Waals surface area contributed by atoms with Crippen LogP contribution >= 0.6 is 36.4 Å². The van der Waals surface area contributed by atoms with Crippen molar-refractivity contribution in [1.29, 1.82) is 0 Å². The minimum absolute atomic E-state index is 0. The van der Waals surface area contributed by atoms with E-state index < -0.39 is 6.67 Å². The Morgan fingerprint density at radius 3 is 2.52 bits per heavy atom. The van der Waals surface area contributed by atoms with Gasteiger partial charge in [0.05, 0.1) is 18.2 Å². The van der Waals surface area contributed by atoms with Crippen LogP contribution in [0.1, 0.15) is 11.6 Å². The lowest BCUT2D eigenvalue weighted by atomic mass is 10.0. The summed E-state index contributed by atoms with van der Waals surface area (Å²) >= 11 is 5.95. The van der Waals surface area contributed by atoms with Gasteiger partial charge in [-0.25, -0.2) is 4.39 Å². The van der Waals surface area contributed by atoms with E-state index in [0.29, 0.717) is 0 Å². The van der Waals surface area contributed by atoms with Crippen molar-refractivity contribution in [2.45, 2.75) is 6.04 Å². The molecule has 2 rings (SSSR count). The Balaban J connectivity index is 0.00000200. The monoisotopic (exact) mass is 360 g/mol. The number of ether oxygens (including phenoxy) is 1. The van der Waals surface area contributed by atoms with Gasteiger partial charge in [-0.15, -0.1) is 24.8 Å². The quantitative estimate of drug-likeness (QED) is 0.865. The molecule has 1 heterocycles. The normalized spacial score (nSPS) is 16.5. The molecule has 1 aliphatic heterocycles. The van der Waals surface area contributed by atoms with Crippen LogP contribution in [-0.2, 0) is 0 Å². The van der Waals surface area contributed by atoms with Crippen molar-refractivity contribution in [2.24, 2.45) is 0 Å². The number of aromatic hydroxyl groups is 1. The molecular weight excluding hydrogens is 342 g/mol. The number of halogens is 4. The number of phenolic OH excluding ortho intramolecular Hbond substituents is 1. The van der Waals surface area contributed by atoms with E-state index in [-0.39, 0.29) is 47.4 Å². The maximum Gasteiger partial charge on any atom is 0.176 e. The number of nitrogens with one attached hydrogen (secondary N) is 1. The summed E-state index contributed by atoms with van der Waals surface area (Å²) in [5.41, 5.74) is 0.726. The van der Waals surface area contributed by atoms with E-state index in [9.17, 15) is 9.50 Å². The number of phenols is 1. The average molecular weight is 362 g/mol. The van der Waals surface area contributed by atoms with Crippen molar-refractivity contribution >= 4 is 36.4 Å². The summed E-state index contributed by atoms with van der Waals surface area (Å²) in [6.07, 6.45) is 0. The van der Waals surface area contributed by atoms with Gasteiger partial charge < -0.3 is 15.2 Å². The Kier molecular flexibility index (Phi) is 9.33. The molecule has 0 aliphatic carbocycles. The standard InChI is InChI=1S/C13H18ClFN2O2.2ClH/c1-19-12-7-9(6-10(14)13(12)18)11(8-15)17-4-2-16-3-5-17;;/h6-7,11,16,18H,2-5,8H2,1H3;2*1H/t11-;;/m1../s1. The van der Waals surface area contributed by atoms with E-state index in [0.717, 1.165) is 31.7 Å². The third-order valence-corrected chi connectivity index (χ3v) is 3.68. The van der Waals surface area contributed by atoms with Crippen molar-refractivity contribution in [1.82, 2.24) is 10.2 Å². The summed E-state index contributed by atoms with van der Waals surface area (Å²) in [5.74, 6) is 0.168. The molecule has 1 aromatic carbocycles. The third kappa shape index (κ3) is 4.76. The molecule has 2 N–H and O–H groups in total. The highest BCUT2D eigenvalue weighted by Gasteiger charge is 2.24. The lowest BCUT2D eigenvalue weighted by molar-refractivity contribution is 0.147. The summed E-state index contributed by atoms with van der Waals surface area (Å²) in [4.78, 5) is 2.07. The molecule has 0 saturated carbocycles. The van der Waals surface area contributed by atoms with Crippen LogP contribution in [0.4, 0.5) is 4.39 Å². The molecule has 1 aliphatic rings. The zero-order valence-corrected chi connectivity index (χ0v) is 14.0. The summed E-state index contributed by atoms with van der Waals surface area (Å²) in [6, 6.07) is 2.90. The Morgan fingerprint density at radius 1 is 1.38 bits per heavy atom. The highest BCUT2D eigenvalue weighted by molar-refractivity contribution is 6.32. The van der Waals surface area contributed by atoms with Crippen LogP contribution in [0.2, 0.25) is 5.02 Å². The van der Waals surface area contributed by atoms with Crippen LogP contribution in [0.5, 0.6) is 11.5 Å². The first-order valence-electron chi connectivity index (χ1n) is 6.24. The lowest BCUT2D eigenvalue weighted by Gasteiger charge is -2.33. The fraction of sp³-hybridized carbons (Fsp3) is 0.538. The predicted molar refractivity (Wildman–Crippen MR) is 87.3 cm³/mol. The van der Waals surface area contributed by atoms with Crippen molar-refractivity contribution in [3.05, 3.63) is 22.7 Å². The first-order chi connectivity index (χ1) is 9.17. The van der Waals surface area contributed by atoms with Crippen LogP contribution in [0, 0.1) is 0 Å². The summed E-state index contributed by atoms with van der Waals surface area (Å²) in [6.45, 7) is 2.77. The number of piperazine rings is 1. The number of rotatable bonds is 4. The Labute approximate surface area is 141 Å². The molecular formula is C13H20Cl3FN2O2. The predicted octanol–water partition coefficient (Wildman–Crippen LogP) is 2.81. The second kappa shape index (κ2) is 9.54. The van der Waals surface area contributed by atoms with Crippen molar-refractivity contribution in [3.8, 4) is 11.5 Å². The molecule has 0 amide bonds. The molecule has 0 spiro atoms. The van der Waals surface area contributed by atoms with Crippen LogP contribution < -0.4 is 10.1 Å². The maximum atomic E-state index is 13.4. The number of nitrogens with zero attached hydrogens (tertiary/aromatic N) is 1. The van der Waals surface area contributed by atoms with E-state index in [1.54, 1.807) is 12.1 Å². The molecule has 1 aromatic rings. The molecule has 1 saturated heterocycles. The van der Waals surface area contributed by atoms with Crippen LogP contribution in [0.25, 0.3) is 0 Å². The summed E-state index contributed by atoms with van der Waals surface area (Å²) in [7, 11) is 1.45. The number of methoxy groups -OCH3 is 1. The molecule has 0 radical (unpaired) electrons. The van der Waals surface area contributed by atoms with Crippen LogP contribution in [-0.4, -0.2) is 50.0 Å². The first-order valence-corrected chi connectivity index (χ1v) is 6.62. The highest BCUT2D eigenvalue weighted by atomic mass is 35.5. The number of hydrogen-bond donors (Lipinski definition) is 2. The third-order valence-electron chi connectivity index (χ3n) is 3.39. The zero-order chi connectivity index (χ0) is 13.8. The van der Waals surface area contributed by atoms with Crippen molar-refractivity contribution in [3.63, 3.8) is 0 Å². The average Bonchev–Trinajstić information content (AvgIpc) is 2.44. The molecule has 122 valence electrons. The molecule has 0 bridgehead atoms. The maximum absolute atomic E-state index is 13.4. The van der Waals surface area contributed by atoms with E-state index in [2.05, 4.69) is 10.2 Å². The van der Waals surface area contributed by atoms with Crippen molar-refractivity contribution in [2.75, 3.05) is 40.0 Å². The van der Waals surface area contributed by atoms with Gasteiger partial charge in [-0.3, -0.25) is 4.90 Å².